The van der Waals surface area contributed by atoms with Crippen LogP contribution in [-0.2, 0) is 0 Å². The zero-order valence-corrected chi connectivity index (χ0v) is 10.8. The molecular formula is C14H22N2O. The standard InChI is InChI=1S/C14H22N2O/c1-3-17-14-8-4-7-13(10-14)16-9-5-6-12(11-16)15-2/h4,7-8,10,12,15H,3,5-6,9,11H2,1-2H3. The van der Waals surface area contributed by atoms with Crippen LogP contribution >= 0.6 is 0 Å². The Morgan fingerprint density at radius 2 is 2.35 bits per heavy atom. The third kappa shape index (κ3) is 3.13. The molecule has 17 heavy (non-hydrogen) atoms. The van der Waals surface area contributed by atoms with Crippen molar-refractivity contribution in [1.82, 2.24) is 5.32 Å². The molecule has 1 aromatic rings. The van der Waals surface area contributed by atoms with Crippen molar-refractivity contribution in [3.05, 3.63) is 24.3 Å². The minimum absolute atomic E-state index is 0.611. The Balaban J connectivity index is 2.07. The van der Waals surface area contributed by atoms with Crippen molar-refractivity contribution >= 4 is 5.69 Å². The Morgan fingerprint density at radius 3 is 3.12 bits per heavy atom. The quantitative estimate of drug-likeness (QED) is 0.865. The number of hydrogen-bond donors (Lipinski definition) is 1. The van der Waals surface area contributed by atoms with Crippen LogP contribution in [0.3, 0.4) is 0 Å². The van der Waals surface area contributed by atoms with Crippen LogP contribution in [0.2, 0.25) is 0 Å². The molecule has 1 N–H and O–H groups in total. The van der Waals surface area contributed by atoms with Crippen molar-refractivity contribution in [1.29, 1.82) is 0 Å². The first-order valence-electron chi connectivity index (χ1n) is 6.48. The average Bonchev–Trinajstić information content (AvgIpc) is 2.40. The summed E-state index contributed by atoms with van der Waals surface area (Å²) >= 11 is 0. The van der Waals surface area contributed by atoms with Crippen LogP contribution < -0.4 is 15.0 Å². The summed E-state index contributed by atoms with van der Waals surface area (Å²) in [5.74, 6) is 0.969. The van der Waals surface area contributed by atoms with Gasteiger partial charge in [-0.15, -0.1) is 0 Å². The van der Waals surface area contributed by atoms with E-state index < -0.39 is 0 Å². The molecule has 94 valence electrons. The third-order valence-electron chi connectivity index (χ3n) is 3.32. The summed E-state index contributed by atoms with van der Waals surface area (Å²) in [7, 11) is 2.05. The predicted molar refractivity (Wildman–Crippen MR) is 71.9 cm³/mol. The molecule has 2 rings (SSSR count). The maximum atomic E-state index is 5.55. The Morgan fingerprint density at radius 1 is 1.47 bits per heavy atom. The molecule has 0 bridgehead atoms. The average molecular weight is 234 g/mol. The molecule has 1 aliphatic rings. The lowest BCUT2D eigenvalue weighted by Crippen LogP contribution is -2.44. The van der Waals surface area contributed by atoms with Gasteiger partial charge in [0.2, 0.25) is 0 Å². The maximum absolute atomic E-state index is 5.55. The van der Waals surface area contributed by atoms with Gasteiger partial charge in [-0.05, 0) is 38.9 Å². The largest absolute Gasteiger partial charge is 0.494 e. The van der Waals surface area contributed by atoms with Crippen molar-refractivity contribution in [2.75, 3.05) is 31.6 Å². The highest BCUT2D eigenvalue weighted by Crippen LogP contribution is 2.24. The lowest BCUT2D eigenvalue weighted by atomic mass is 10.1. The molecule has 1 aliphatic heterocycles. The topological polar surface area (TPSA) is 24.5 Å². The van der Waals surface area contributed by atoms with Gasteiger partial charge in [-0.25, -0.2) is 0 Å². The number of piperidine rings is 1. The molecule has 3 nitrogen and oxygen atoms in total. The van der Waals surface area contributed by atoms with Gasteiger partial charge in [0.05, 0.1) is 6.61 Å². The summed E-state index contributed by atoms with van der Waals surface area (Å²) in [6.07, 6.45) is 2.53. The Kier molecular flexibility index (Phi) is 4.26. The second-order valence-corrected chi connectivity index (χ2v) is 4.50. The number of likely N-dealkylation sites (N-methyl/N-ethyl adjacent to an activating group) is 1. The maximum Gasteiger partial charge on any atom is 0.121 e. The van der Waals surface area contributed by atoms with Gasteiger partial charge < -0.3 is 15.0 Å². The highest BCUT2D eigenvalue weighted by atomic mass is 16.5. The first-order chi connectivity index (χ1) is 8.33. The van der Waals surface area contributed by atoms with Gasteiger partial charge in [-0.1, -0.05) is 6.07 Å². The molecule has 0 aromatic heterocycles. The Labute approximate surface area is 104 Å². The van der Waals surface area contributed by atoms with E-state index in [1.54, 1.807) is 0 Å². The smallest absolute Gasteiger partial charge is 0.121 e. The normalized spacial score (nSPS) is 20.4. The van der Waals surface area contributed by atoms with E-state index in [1.807, 2.05) is 20.0 Å². The lowest BCUT2D eigenvalue weighted by Gasteiger charge is -2.34. The molecule has 0 aliphatic carbocycles. The number of hydrogen-bond acceptors (Lipinski definition) is 3. The van der Waals surface area contributed by atoms with E-state index in [2.05, 4.69) is 28.4 Å². The number of rotatable bonds is 4. The zero-order chi connectivity index (χ0) is 12.1. The monoisotopic (exact) mass is 234 g/mol. The van der Waals surface area contributed by atoms with Gasteiger partial charge in [-0.3, -0.25) is 0 Å². The lowest BCUT2D eigenvalue weighted by molar-refractivity contribution is 0.340. The summed E-state index contributed by atoms with van der Waals surface area (Å²) in [4.78, 5) is 2.44. The summed E-state index contributed by atoms with van der Waals surface area (Å²) in [6.45, 7) is 4.98. The molecule has 0 saturated carbocycles. The van der Waals surface area contributed by atoms with E-state index in [4.69, 9.17) is 4.74 Å². The highest BCUT2D eigenvalue weighted by molar-refractivity contribution is 5.51. The van der Waals surface area contributed by atoms with Gasteiger partial charge >= 0.3 is 0 Å². The van der Waals surface area contributed by atoms with Crippen molar-refractivity contribution in [2.45, 2.75) is 25.8 Å². The van der Waals surface area contributed by atoms with Crippen LogP contribution in [0.4, 0.5) is 5.69 Å². The molecule has 0 spiro atoms. The first-order valence-corrected chi connectivity index (χ1v) is 6.48. The number of anilines is 1. The molecular weight excluding hydrogens is 212 g/mol. The van der Waals surface area contributed by atoms with Crippen molar-refractivity contribution < 1.29 is 4.74 Å². The predicted octanol–water partition coefficient (Wildman–Crippen LogP) is 2.27. The summed E-state index contributed by atoms with van der Waals surface area (Å²) in [5.41, 5.74) is 1.27. The van der Waals surface area contributed by atoms with E-state index in [0.29, 0.717) is 6.04 Å². The Bertz CT molecular complexity index is 354. The third-order valence-corrected chi connectivity index (χ3v) is 3.32. The second kappa shape index (κ2) is 5.92. The molecule has 1 saturated heterocycles. The molecule has 0 amide bonds. The SMILES string of the molecule is CCOc1cccc(N2CCCC(NC)C2)c1. The van der Waals surface area contributed by atoms with Crippen LogP contribution in [0.1, 0.15) is 19.8 Å². The fourth-order valence-electron chi connectivity index (χ4n) is 2.38. The molecule has 1 aromatic carbocycles. The van der Waals surface area contributed by atoms with E-state index >= 15 is 0 Å². The van der Waals surface area contributed by atoms with Gasteiger partial charge in [0.25, 0.3) is 0 Å². The van der Waals surface area contributed by atoms with Crippen LogP contribution in [-0.4, -0.2) is 32.8 Å². The van der Waals surface area contributed by atoms with Gasteiger partial charge in [0, 0.05) is 30.9 Å². The molecule has 1 heterocycles. The van der Waals surface area contributed by atoms with Crippen LogP contribution in [0.5, 0.6) is 5.75 Å². The van der Waals surface area contributed by atoms with Crippen molar-refractivity contribution in [2.24, 2.45) is 0 Å². The minimum atomic E-state index is 0.611. The molecule has 3 heteroatoms. The van der Waals surface area contributed by atoms with Crippen LogP contribution in [0, 0.1) is 0 Å². The summed E-state index contributed by atoms with van der Waals surface area (Å²) in [6, 6.07) is 9.01. The molecule has 1 fully saturated rings. The fourth-order valence-corrected chi connectivity index (χ4v) is 2.38. The van der Waals surface area contributed by atoms with Gasteiger partial charge in [-0.2, -0.15) is 0 Å². The van der Waals surface area contributed by atoms with Crippen molar-refractivity contribution in [3.63, 3.8) is 0 Å². The first kappa shape index (κ1) is 12.2. The second-order valence-electron chi connectivity index (χ2n) is 4.50. The van der Waals surface area contributed by atoms with E-state index in [-0.39, 0.29) is 0 Å². The van der Waals surface area contributed by atoms with Gasteiger partial charge in [0.1, 0.15) is 5.75 Å². The minimum Gasteiger partial charge on any atom is -0.494 e. The summed E-state index contributed by atoms with van der Waals surface area (Å²) in [5, 5.41) is 3.37. The number of benzene rings is 1. The Hall–Kier alpha value is -1.22. The number of nitrogens with one attached hydrogen (secondary N) is 1. The van der Waals surface area contributed by atoms with Crippen molar-refractivity contribution in [3.8, 4) is 5.75 Å². The highest BCUT2D eigenvalue weighted by Gasteiger charge is 2.18. The van der Waals surface area contributed by atoms with E-state index in [0.717, 1.165) is 25.4 Å². The summed E-state index contributed by atoms with van der Waals surface area (Å²) < 4.78 is 5.55. The fraction of sp³-hybridized carbons (Fsp3) is 0.571. The molecule has 1 atom stereocenters. The van der Waals surface area contributed by atoms with E-state index in [1.165, 1.54) is 18.5 Å². The zero-order valence-electron chi connectivity index (χ0n) is 10.8. The van der Waals surface area contributed by atoms with Gasteiger partial charge in [0.15, 0.2) is 0 Å². The molecule has 0 radical (unpaired) electrons. The number of nitrogens with zero attached hydrogens (tertiary/aromatic N) is 1. The molecule has 1 unspecified atom stereocenters. The van der Waals surface area contributed by atoms with E-state index in [9.17, 15) is 0 Å². The van der Waals surface area contributed by atoms with Crippen LogP contribution in [0.15, 0.2) is 24.3 Å². The van der Waals surface area contributed by atoms with Crippen LogP contribution in [0.25, 0.3) is 0 Å². The number of ether oxygens (including phenoxy) is 1.